The molecule has 1 fully saturated rings. The van der Waals surface area contributed by atoms with Crippen LogP contribution in [0, 0.1) is 0 Å². The van der Waals surface area contributed by atoms with Crippen molar-refractivity contribution in [1.29, 1.82) is 0 Å². The van der Waals surface area contributed by atoms with Crippen molar-refractivity contribution in [1.82, 2.24) is 14.5 Å². The number of pyridine rings is 1. The quantitative estimate of drug-likeness (QED) is 0.201. The lowest BCUT2D eigenvalue weighted by Crippen LogP contribution is -2.14. The third-order valence-corrected chi connectivity index (χ3v) is 8.55. The molecule has 7 rings (SSSR count). The fourth-order valence-electron chi connectivity index (χ4n) is 6.21. The van der Waals surface area contributed by atoms with Crippen molar-refractivity contribution in [2.75, 3.05) is 5.73 Å². The third-order valence-electron chi connectivity index (χ3n) is 8.30. The summed E-state index contributed by atoms with van der Waals surface area (Å²) < 4.78 is 2.33. The van der Waals surface area contributed by atoms with Gasteiger partial charge in [0, 0.05) is 33.3 Å². The maximum absolute atomic E-state index is 11.7. The Morgan fingerprint density at radius 1 is 0.786 bits per heavy atom. The number of rotatable bonds is 5. The number of nitrogens with two attached hydrogens (primary N) is 1. The van der Waals surface area contributed by atoms with Crippen LogP contribution in [0.5, 0.6) is 0 Å². The van der Waals surface area contributed by atoms with E-state index in [1.807, 2.05) is 60.7 Å². The highest BCUT2D eigenvalue weighted by molar-refractivity contribution is 6.30. The van der Waals surface area contributed by atoms with Crippen LogP contribution in [0.15, 0.2) is 91.0 Å². The second-order valence-corrected chi connectivity index (χ2v) is 11.5. The van der Waals surface area contributed by atoms with Gasteiger partial charge in [0.05, 0.1) is 27.8 Å². The van der Waals surface area contributed by atoms with Crippen LogP contribution in [0.1, 0.15) is 48.5 Å². The van der Waals surface area contributed by atoms with Gasteiger partial charge < -0.3 is 15.4 Å². The van der Waals surface area contributed by atoms with Crippen molar-refractivity contribution in [3.63, 3.8) is 0 Å². The van der Waals surface area contributed by atoms with Crippen LogP contribution in [0.3, 0.4) is 0 Å². The van der Waals surface area contributed by atoms with E-state index in [9.17, 15) is 9.90 Å². The maximum atomic E-state index is 11.7. The van der Waals surface area contributed by atoms with Gasteiger partial charge in [-0.3, -0.25) is 0 Å². The van der Waals surface area contributed by atoms with Crippen molar-refractivity contribution >= 4 is 45.2 Å². The van der Waals surface area contributed by atoms with E-state index in [2.05, 4.69) is 22.8 Å². The molecule has 0 spiro atoms. The average molecular weight is 573 g/mol. The van der Waals surface area contributed by atoms with Crippen LogP contribution in [0.2, 0.25) is 5.02 Å². The Morgan fingerprint density at radius 3 is 2.36 bits per heavy atom. The molecule has 42 heavy (non-hydrogen) atoms. The van der Waals surface area contributed by atoms with Crippen molar-refractivity contribution < 1.29 is 9.90 Å². The molecule has 1 aliphatic rings. The lowest BCUT2D eigenvalue weighted by atomic mass is 9.94. The van der Waals surface area contributed by atoms with E-state index in [1.54, 1.807) is 12.1 Å². The van der Waals surface area contributed by atoms with E-state index in [-0.39, 0.29) is 5.56 Å². The van der Waals surface area contributed by atoms with Gasteiger partial charge in [-0.2, -0.15) is 0 Å². The number of fused-ring (bicyclic) bond motifs is 2. The largest absolute Gasteiger partial charge is 0.478 e. The first-order valence-corrected chi connectivity index (χ1v) is 14.6. The summed E-state index contributed by atoms with van der Waals surface area (Å²) in [6, 6.07) is 29.6. The predicted molar refractivity (Wildman–Crippen MR) is 170 cm³/mol. The summed E-state index contributed by atoms with van der Waals surface area (Å²) in [5.41, 5.74) is 14.5. The van der Waals surface area contributed by atoms with Gasteiger partial charge in [-0.25, -0.2) is 14.8 Å². The Balaban J connectivity index is 1.33. The van der Waals surface area contributed by atoms with Crippen LogP contribution in [-0.2, 0) is 0 Å². The third kappa shape index (κ3) is 4.78. The van der Waals surface area contributed by atoms with Gasteiger partial charge in [-0.15, -0.1) is 0 Å². The zero-order chi connectivity index (χ0) is 28.8. The molecule has 2 heterocycles. The van der Waals surface area contributed by atoms with Crippen molar-refractivity contribution in [3.8, 4) is 33.8 Å². The second-order valence-electron chi connectivity index (χ2n) is 11.0. The van der Waals surface area contributed by atoms with Gasteiger partial charge in [0.1, 0.15) is 5.82 Å². The SMILES string of the molecule is Nc1ccc(-c2ccc(Cl)cc2)c(-c2ccc3cc(-c4nc5cc(C(=O)O)ccc5n4C4CCCCC4)ccc3n2)c1. The maximum Gasteiger partial charge on any atom is 0.335 e. The van der Waals surface area contributed by atoms with Gasteiger partial charge >= 0.3 is 5.97 Å². The smallest absolute Gasteiger partial charge is 0.335 e. The lowest BCUT2D eigenvalue weighted by molar-refractivity contribution is 0.0697. The van der Waals surface area contributed by atoms with Gasteiger partial charge in [0.2, 0.25) is 0 Å². The predicted octanol–water partition coefficient (Wildman–Crippen LogP) is 9.02. The van der Waals surface area contributed by atoms with E-state index in [4.69, 9.17) is 27.3 Å². The molecule has 2 aromatic heterocycles. The second kappa shape index (κ2) is 10.6. The van der Waals surface area contributed by atoms with Crippen LogP contribution in [-0.4, -0.2) is 25.6 Å². The number of aromatic carboxylic acids is 1. The summed E-state index contributed by atoms with van der Waals surface area (Å²) in [6.07, 6.45) is 5.80. The van der Waals surface area contributed by atoms with E-state index in [0.29, 0.717) is 22.3 Å². The van der Waals surface area contributed by atoms with Crippen molar-refractivity contribution in [2.24, 2.45) is 0 Å². The average Bonchev–Trinajstić information content (AvgIpc) is 3.40. The van der Waals surface area contributed by atoms with Gasteiger partial charge in [-0.05, 0) is 90.7 Å². The molecule has 0 bridgehead atoms. The highest BCUT2D eigenvalue weighted by atomic mass is 35.5. The molecule has 0 unspecified atom stereocenters. The molecule has 4 aromatic carbocycles. The lowest BCUT2D eigenvalue weighted by Gasteiger charge is -2.25. The number of hydrogen-bond donors (Lipinski definition) is 2. The summed E-state index contributed by atoms with van der Waals surface area (Å²) >= 11 is 6.14. The van der Waals surface area contributed by atoms with Crippen LogP contribution < -0.4 is 5.73 Å². The minimum absolute atomic E-state index is 0.247. The van der Waals surface area contributed by atoms with Gasteiger partial charge in [0.25, 0.3) is 0 Å². The summed E-state index contributed by atoms with van der Waals surface area (Å²) in [5.74, 6) is -0.0797. The summed E-state index contributed by atoms with van der Waals surface area (Å²) in [7, 11) is 0. The first-order chi connectivity index (χ1) is 20.4. The van der Waals surface area contributed by atoms with Crippen molar-refractivity contribution in [2.45, 2.75) is 38.1 Å². The fraction of sp³-hybridized carbons (Fsp3) is 0.171. The first kappa shape index (κ1) is 26.2. The van der Waals surface area contributed by atoms with Crippen LogP contribution in [0.25, 0.3) is 55.7 Å². The standard InChI is InChI=1S/C35H29ClN4O2/c36-25-11-6-21(7-12-25)28-14-13-26(37)20-29(28)31-16-8-22-18-23(9-15-30(22)38-31)34-39-32-19-24(35(41)42)10-17-33(32)40(34)27-4-2-1-3-5-27/h6-20,27H,1-5,37H2,(H,41,42). The number of nitrogen functional groups attached to an aromatic ring is 1. The van der Waals surface area contributed by atoms with E-state index < -0.39 is 5.97 Å². The molecule has 1 aliphatic carbocycles. The molecule has 3 N–H and O–H groups in total. The number of hydrogen-bond acceptors (Lipinski definition) is 4. The Kier molecular flexibility index (Phi) is 6.63. The monoisotopic (exact) mass is 572 g/mol. The van der Waals surface area contributed by atoms with E-state index >= 15 is 0 Å². The molecule has 0 amide bonds. The molecular weight excluding hydrogens is 544 g/mol. The summed E-state index contributed by atoms with van der Waals surface area (Å²) in [4.78, 5) is 21.7. The number of benzene rings is 4. The molecule has 0 aliphatic heterocycles. The molecular formula is C35H29ClN4O2. The molecule has 6 nitrogen and oxygen atoms in total. The Hall–Kier alpha value is -4.68. The Labute approximate surface area is 248 Å². The zero-order valence-corrected chi connectivity index (χ0v) is 23.7. The topological polar surface area (TPSA) is 94.0 Å². The number of carboxylic acids is 1. The number of imidazole rings is 1. The number of halogens is 1. The van der Waals surface area contributed by atoms with Crippen molar-refractivity contribution in [3.05, 3.63) is 102 Å². The number of nitrogens with zero attached hydrogens (tertiary/aromatic N) is 3. The normalized spacial score (nSPS) is 14.0. The first-order valence-electron chi connectivity index (χ1n) is 14.3. The highest BCUT2D eigenvalue weighted by Crippen LogP contribution is 2.38. The van der Waals surface area contributed by atoms with Gasteiger partial charge in [-0.1, -0.05) is 55.1 Å². The summed E-state index contributed by atoms with van der Waals surface area (Å²) in [5, 5.41) is 11.3. The summed E-state index contributed by atoms with van der Waals surface area (Å²) in [6.45, 7) is 0. The number of carbonyl (C=O) groups is 1. The molecule has 7 heteroatoms. The fourth-order valence-corrected chi connectivity index (χ4v) is 6.34. The minimum Gasteiger partial charge on any atom is -0.478 e. The van der Waals surface area contributed by atoms with Crippen LogP contribution in [0.4, 0.5) is 5.69 Å². The Morgan fingerprint density at radius 2 is 1.57 bits per heavy atom. The number of aromatic nitrogens is 3. The minimum atomic E-state index is -0.947. The highest BCUT2D eigenvalue weighted by Gasteiger charge is 2.23. The number of carboxylic acid groups (broad SMARTS) is 1. The zero-order valence-electron chi connectivity index (χ0n) is 22.9. The van der Waals surface area contributed by atoms with Crippen LogP contribution >= 0.6 is 11.6 Å². The number of anilines is 1. The molecule has 1 saturated carbocycles. The van der Waals surface area contributed by atoms with E-state index in [0.717, 1.165) is 63.0 Å². The van der Waals surface area contributed by atoms with Gasteiger partial charge in [0.15, 0.2) is 0 Å². The molecule has 0 saturated heterocycles. The molecule has 0 radical (unpaired) electrons. The Bertz CT molecular complexity index is 1970. The molecule has 6 aromatic rings. The van der Waals surface area contributed by atoms with E-state index in [1.165, 1.54) is 19.3 Å². The molecule has 0 atom stereocenters. The molecule has 208 valence electrons.